The van der Waals surface area contributed by atoms with Gasteiger partial charge in [-0.2, -0.15) is 11.8 Å². The molecule has 1 aromatic rings. The van der Waals surface area contributed by atoms with E-state index in [0.717, 1.165) is 17.3 Å². The summed E-state index contributed by atoms with van der Waals surface area (Å²) in [7, 11) is 0. The standard InChI is InChI=1S/C11H16ClNS/c1-9-4-5-11(10(12)8-9)13-6-3-7-14-2/h4-5,8,13H,3,6-7H2,1-2H3. The van der Waals surface area contributed by atoms with Crippen LogP contribution in [0.2, 0.25) is 5.02 Å². The predicted octanol–water partition coefficient (Wildman–Crippen LogP) is 3.81. The van der Waals surface area contributed by atoms with E-state index in [1.807, 2.05) is 30.8 Å². The van der Waals surface area contributed by atoms with Crippen molar-refractivity contribution in [3.63, 3.8) is 0 Å². The number of hydrogen-bond acceptors (Lipinski definition) is 2. The molecular weight excluding hydrogens is 214 g/mol. The molecular formula is C11H16ClNS. The Labute approximate surface area is 95.2 Å². The summed E-state index contributed by atoms with van der Waals surface area (Å²) >= 11 is 7.95. The average Bonchev–Trinajstić information content (AvgIpc) is 2.15. The van der Waals surface area contributed by atoms with Crippen molar-refractivity contribution in [2.45, 2.75) is 13.3 Å². The Morgan fingerprint density at radius 2 is 2.21 bits per heavy atom. The van der Waals surface area contributed by atoms with Crippen LogP contribution in [-0.2, 0) is 0 Å². The molecule has 0 radical (unpaired) electrons. The molecule has 0 heterocycles. The second-order valence-electron chi connectivity index (χ2n) is 3.26. The number of thioether (sulfide) groups is 1. The summed E-state index contributed by atoms with van der Waals surface area (Å²) in [5, 5.41) is 4.14. The highest BCUT2D eigenvalue weighted by atomic mass is 35.5. The van der Waals surface area contributed by atoms with Crippen molar-refractivity contribution in [1.29, 1.82) is 0 Å². The lowest BCUT2D eigenvalue weighted by Crippen LogP contribution is -2.02. The number of hydrogen-bond donors (Lipinski definition) is 1. The van der Waals surface area contributed by atoms with Crippen LogP contribution in [0.4, 0.5) is 5.69 Å². The van der Waals surface area contributed by atoms with Gasteiger partial charge in [0, 0.05) is 6.54 Å². The van der Waals surface area contributed by atoms with Crippen LogP contribution < -0.4 is 5.32 Å². The Hall–Kier alpha value is -0.340. The SMILES string of the molecule is CSCCCNc1ccc(C)cc1Cl. The number of aryl methyl sites for hydroxylation is 1. The molecule has 1 aromatic carbocycles. The minimum atomic E-state index is 0.814. The van der Waals surface area contributed by atoms with Crippen molar-refractivity contribution in [3.8, 4) is 0 Å². The summed E-state index contributed by atoms with van der Waals surface area (Å²) in [5.41, 5.74) is 2.24. The molecule has 0 aromatic heterocycles. The smallest absolute Gasteiger partial charge is 0.0640 e. The van der Waals surface area contributed by atoms with Crippen molar-refractivity contribution >= 4 is 29.1 Å². The van der Waals surface area contributed by atoms with Gasteiger partial charge in [0.25, 0.3) is 0 Å². The van der Waals surface area contributed by atoms with Crippen molar-refractivity contribution in [2.24, 2.45) is 0 Å². The molecule has 0 aliphatic rings. The van der Waals surface area contributed by atoms with Gasteiger partial charge in [-0.15, -0.1) is 0 Å². The monoisotopic (exact) mass is 229 g/mol. The molecule has 0 fully saturated rings. The fourth-order valence-electron chi connectivity index (χ4n) is 1.20. The zero-order chi connectivity index (χ0) is 10.4. The lowest BCUT2D eigenvalue weighted by atomic mass is 10.2. The molecule has 78 valence electrons. The number of anilines is 1. The quantitative estimate of drug-likeness (QED) is 0.771. The maximum Gasteiger partial charge on any atom is 0.0640 e. The number of halogens is 1. The van der Waals surface area contributed by atoms with E-state index >= 15 is 0 Å². The van der Waals surface area contributed by atoms with Gasteiger partial charge in [0.05, 0.1) is 10.7 Å². The molecule has 0 atom stereocenters. The van der Waals surface area contributed by atoms with E-state index in [4.69, 9.17) is 11.6 Å². The van der Waals surface area contributed by atoms with E-state index in [1.54, 1.807) is 0 Å². The fraction of sp³-hybridized carbons (Fsp3) is 0.455. The Bertz CT molecular complexity index is 289. The summed E-state index contributed by atoms with van der Waals surface area (Å²) in [6.45, 7) is 3.03. The zero-order valence-electron chi connectivity index (χ0n) is 8.64. The van der Waals surface area contributed by atoms with Crippen molar-refractivity contribution in [2.75, 3.05) is 23.9 Å². The van der Waals surface area contributed by atoms with Gasteiger partial charge in [-0.05, 0) is 43.0 Å². The molecule has 3 heteroatoms. The molecule has 0 saturated heterocycles. The minimum Gasteiger partial charge on any atom is -0.384 e. The summed E-state index contributed by atoms with van der Waals surface area (Å²) in [5.74, 6) is 1.19. The molecule has 0 aliphatic heterocycles. The number of nitrogens with one attached hydrogen (secondary N) is 1. The summed E-state index contributed by atoms with van der Waals surface area (Å²) in [6.07, 6.45) is 3.30. The average molecular weight is 230 g/mol. The highest BCUT2D eigenvalue weighted by molar-refractivity contribution is 7.98. The largest absolute Gasteiger partial charge is 0.384 e. The predicted molar refractivity (Wildman–Crippen MR) is 67.7 cm³/mol. The molecule has 14 heavy (non-hydrogen) atoms. The molecule has 0 bridgehead atoms. The van der Waals surface area contributed by atoms with Gasteiger partial charge in [-0.25, -0.2) is 0 Å². The third-order valence-corrected chi connectivity index (χ3v) is 2.97. The van der Waals surface area contributed by atoms with Crippen LogP contribution in [0.3, 0.4) is 0 Å². The van der Waals surface area contributed by atoms with E-state index in [2.05, 4.69) is 17.6 Å². The summed E-state index contributed by atoms with van der Waals surface area (Å²) in [6, 6.07) is 6.10. The zero-order valence-corrected chi connectivity index (χ0v) is 10.2. The fourth-order valence-corrected chi connectivity index (χ4v) is 1.94. The van der Waals surface area contributed by atoms with Gasteiger partial charge in [-0.3, -0.25) is 0 Å². The van der Waals surface area contributed by atoms with Crippen LogP contribution in [0.1, 0.15) is 12.0 Å². The first-order chi connectivity index (χ1) is 6.74. The maximum absolute atomic E-state index is 6.07. The van der Waals surface area contributed by atoms with Crippen molar-refractivity contribution in [3.05, 3.63) is 28.8 Å². The molecule has 0 aliphatic carbocycles. The van der Waals surface area contributed by atoms with Gasteiger partial charge in [0.1, 0.15) is 0 Å². The first-order valence-electron chi connectivity index (χ1n) is 4.73. The van der Waals surface area contributed by atoms with E-state index in [-0.39, 0.29) is 0 Å². The highest BCUT2D eigenvalue weighted by Gasteiger charge is 1.98. The van der Waals surface area contributed by atoms with Gasteiger partial charge in [0.2, 0.25) is 0 Å². The second-order valence-corrected chi connectivity index (χ2v) is 4.65. The molecule has 0 spiro atoms. The van der Waals surface area contributed by atoms with E-state index in [1.165, 1.54) is 17.7 Å². The Kier molecular flexibility index (Phi) is 5.20. The van der Waals surface area contributed by atoms with Crippen LogP contribution in [0, 0.1) is 6.92 Å². The Morgan fingerprint density at radius 3 is 2.86 bits per heavy atom. The lowest BCUT2D eigenvalue weighted by Gasteiger charge is -2.08. The highest BCUT2D eigenvalue weighted by Crippen LogP contribution is 2.22. The van der Waals surface area contributed by atoms with Crippen LogP contribution in [0.15, 0.2) is 18.2 Å². The van der Waals surface area contributed by atoms with E-state index < -0.39 is 0 Å². The molecule has 1 nitrogen and oxygen atoms in total. The first-order valence-corrected chi connectivity index (χ1v) is 6.50. The molecule has 0 unspecified atom stereocenters. The van der Waals surface area contributed by atoms with Crippen LogP contribution in [-0.4, -0.2) is 18.6 Å². The minimum absolute atomic E-state index is 0.814. The normalized spacial score (nSPS) is 10.2. The van der Waals surface area contributed by atoms with E-state index in [9.17, 15) is 0 Å². The Morgan fingerprint density at radius 1 is 1.43 bits per heavy atom. The maximum atomic E-state index is 6.07. The molecule has 0 amide bonds. The van der Waals surface area contributed by atoms with Crippen LogP contribution in [0.25, 0.3) is 0 Å². The lowest BCUT2D eigenvalue weighted by molar-refractivity contribution is 0.993. The van der Waals surface area contributed by atoms with E-state index in [0.29, 0.717) is 0 Å². The molecule has 1 rings (SSSR count). The van der Waals surface area contributed by atoms with Crippen molar-refractivity contribution < 1.29 is 0 Å². The Balaban J connectivity index is 2.42. The van der Waals surface area contributed by atoms with Gasteiger partial charge < -0.3 is 5.32 Å². The summed E-state index contributed by atoms with van der Waals surface area (Å²) in [4.78, 5) is 0. The van der Waals surface area contributed by atoms with Crippen LogP contribution >= 0.6 is 23.4 Å². The van der Waals surface area contributed by atoms with Gasteiger partial charge in [0.15, 0.2) is 0 Å². The summed E-state index contributed by atoms with van der Waals surface area (Å²) < 4.78 is 0. The third-order valence-electron chi connectivity index (χ3n) is 1.97. The molecule has 1 N–H and O–H groups in total. The number of rotatable bonds is 5. The van der Waals surface area contributed by atoms with Crippen LogP contribution in [0.5, 0.6) is 0 Å². The molecule has 0 saturated carbocycles. The van der Waals surface area contributed by atoms with Gasteiger partial charge >= 0.3 is 0 Å². The van der Waals surface area contributed by atoms with Gasteiger partial charge in [-0.1, -0.05) is 17.7 Å². The topological polar surface area (TPSA) is 12.0 Å². The van der Waals surface area contributed by atoms with Crippen molar-refractivity contribution in [1.82, 2.24) is 0 Å². The number of benzene rings is 1. The first kappa shape index (κ1) is 11.7. The second kappa shape index (κ2) is 6.20. The third kappa shape index (κ3) is 3.81.